The number of rotatable bonds is 0. The molecule has 0 fully saturated rings. The van der Waals surface area contributed by atoms with Gasteiger partial charge < -0.3 is 10.2 Å². The molecule has 25 heavy (non-hydrogen) atoms. The quantitative estimate of drug-likeness (QED) is 0.417. The summed E-state index contributed by atoms with van der Waals surface area (Å²) >= 11 is 0. The van der Waals surface area contributed by atoms with Crippen molar-refractivity contribution in [3.63, 3.8) is 0 Å². The van der Waals surface area contributed by atoms with Gasteiger partial charge in [0.25, 0.3) is 5.85 Å². The summed E-state index contributed by atoms with van der Waals surface area (Å²) in [6.45, 7) is 0. The molecule has 2 nitrogen and oxygen atoms in total. The molecular weight excluding hydrogens is 371 g/mol. The first-order valence-electron chi connectivity index (χ1n) is 6.23. The van der Waals surface area contributed by atoms with Crippen LogP contribution in [0.5, 0.6) is 0 Å². The number of aliphatic hydroxyl groups is 2. The first-order chi connectivity index (χ1) is 11.4. The Morgan fingerprint density at radius 3 is 1.76 bits per heavy atom. The molecule has 3 rings (SSSR count). The van der Waals surface area contributed by atoms with E-state index in [1.165, 1.54) is 0 Å². The van der Waals surface area contributed by atoms with Crippen molar-refractivity contribution in [1.29, 1.82) is 0 Å². The molecule has 0 saturated heterocycles. The largest absolute Gasteiger partial charge is 0.353 e. The van der Waals surface area contributed by atoms with Gasteiger partial charge in [0, 0.05) is 10.9 Å². The first kappa shape index (κ1) is 17.5. The molecule has 2 unspecified atom stereocenters. The average molecular weight is 374 g/mol. The number of alkyl halides is 2. The van der Waals surface area contributed by atoms with E-state index in [1.807, 2.05) is 0 Å². The van der Waals surface area contributed by atoms with Gasteiger partial charge in [-0.05, 0) is 6.07 Å². The maximum atomic E-state index is 14.3. The molecular formula is C14H3F9O2. The molecule has 0 saturated carbocycles. The third-order valence-corrected chi connectivity index (χ3v) is 3.80. The van der Waals surface area contributed by atoms with Gasteiger partial charge in [0.15, 0.2) is 29.1 Å². The van der Waals surface area contributed by atoms with Gasteiger partial charge in [-0.25, -0.2) is 30.7 Å². The van der Waals surface area contributed by atoms with Crippen molar-refractivity contribution in [3.05, 3.63) is 52.1 Å². The molecule has 0 amide bonds. The summed E-state index contributed by atoms with van der Waals surface area (Å²) in [6, 6.07) is -0.175. The highest BCUT2D eigenvalue weighted by molar-refractivity contribution is 5.90. The number of hydrogen-bond acceptors (Lipinski definition) is 2. The Balaban J connectivity index is 2.62. The van der Waals surface area contributed by atoms with Gasteiger partial charge in [0.05, 0.1) is 10.9 Å². The van der Waals surface area contributed by atoms with Crippen LogP contribution in [0.25, 0.3) is 16.6 Å². The summed E-state index contributed by atoms with van der Waals surface area (Å²) in [5.74, 6) is -27.4. The van der Waals surface area contributed by atoms with Crippen LogP contribution >= 0.6 is 0 Å². The van der Waals surface area contributed by atoms with Crippen molar-refractivity contribution < 1.29 is 49.7 Å². The summed E-state index contributed by atoms with van der Waals surface area (Å²) in [5.41, 5.74) is -3.83. The van der Waals surface area contributed by atoms with E-state index < -0.39 is 74.3 Å². The third-order valence-electron chi connectivity index (χ3n) is 3.80. The fourth-order valence-corrected chi connectivity index (χ4v) is 2.51. The lowest BCUT2D eigenvalue weighted by atomic mass is 9.85. The van der Waals surface area contributed by atoms with Gasteiger partial charge in [0.2, 0.25) is 5.83 Å². The second-order valence-corrected chi connectivity index (χ2v) is 5.16. The Labute approximate surface area is 131 Å². The SMILES string of the molecule is OC1(F)C(F)=C(F)c2c(cc3c(F)c(F)c(F)c(F)c3c2F)C1(O)F. The summed E-state index contributed by atoms with van der Waals surface area (Å²) in [5, 5.41) is 15.0. The highest BCUT2D eigenvalue weighted by Crippen LogP contribution is 2.52. The van der Waals surface area contributed by atoms with E-state index >= 15 is 0 Å². The predicted molar refractivity (Wildman–Crippen MR) is 63.9 cm³/mol. The molecule has 134 valence electrons. The Morgan fingerprint density at radius 1 is 0.680 bits per heavy atom. The van der Waals surface area contributed by atoms with Crippen LogP contribution < -0.4 is 0 Å². The fraction of sp³-hybridized carbons (Fsp3) is 0.143. The van der Waals surface area contributed by atoms with Gasteiger partial charge in [0.1, 0.15) is 5.82 Å². The fourth-order valence-electron chi connectivity index (χ4n) is 2.51. The average Bonchev–Trinajstić information content (AvgIpc) is 2.54. The van der Waals surface area contributed by atoms with Crippen molar-refractivity contribution >= 4 is 16.6 Å². The second-order valence-electron chi connectivity index (χ2n) is 5.16. The van der Waals surface area contributed by atoms with Gasteiger partial charge in [-0.2, -0.15) is 8.78 Å². The van der Waals surface area contributed by atoms with Gasteiger partial charge in [-0.15, -0.1) is 0 Å². The molecule has 11 heteroatoms. The van der Waals surface area contributed by atoms with Crippen LogP contribution in [0.4, 0.5) is 39.5 Å². The van der Waals surface area contributed by atoms with Crippen molar-refractivity contribution in [2.75, 3.05) is 0 Å². The van der Waals surface area contributed by atoms with E-state index in [9.17, 15) is 44.6 Å². The lowest BCUT2D eigenvalue weighted by Crippen LogP contribution is -2.49. The molecule has 2 aromatic rings. The summed E-state index contributed by atoms with van der Waals surface area (Å²) < 4.78 is 123. The minimum Gasteiger partial charge on any atom is -0.353 e. The van der Waals surface area contributed by atoms with Crippen molar-refractivity contribution in [1.82, 2.24) is 0 Å². The maximum Gasteiger partial charge on any atom is 0.326 e. The van der Waals surface area contributed by atoms with Crippen LogP contribution in [0, 0.1) is 29.1 Å². The van der Waals surface area contributed by atoms with E-state index in [1.54, 1.807) is 0 Å². The molecule has 0 radical (unpaired) electrons. The summed E-state index contributed by atoms with van der Waals surface area (Å²) in [6.07, 6.45) is 0. The van der Waals surface area contributed by atoms with E-state index in [-0.39, 0.29) is 6.07 Å². The summed E-state index contributed by atoms with van der Waals surface area (Å²) in [4.78, 5) is 0. The Kier molecular flexibility index (Phi) is 3.43. The van der Waals surface area contributed by atoms with Crippen molar-refractivity contribution in [3.8, 4) is 0 Å². The first-order valence-corrected chi connectivity index (χ1v) is 6.23. The summed E-state index contributed by atoms with van der Waals surface area (Å²) in [7, 11) is 0. The van der Waals surface area contributed by atoms with Crippen molar-refractivity contribution in [2.45, 2.75) is 11.7 Å². The molecule has 1 aliphatic carbocycles. The van der Waals surface area contributed by atoms with Crippen LogP contribution in [0.1, 0.15) is 11.1 Å². The number of halogens is 9. The topological polar surface area (TPSA) is 40.5 Å². The van der Waals surface area contributed by atoms with E-state index in [2.05, 4.69) is 0 Å². The normalized spacial score (nSPS) is 26.4. The lowest BCUT2D eigenvalue weighted by molar-refractivity contribution is -0.286. The molecule has 2 N–H and O–H groups in total. The monoisotopic (exact) mass is 374 g/mol. The standard InChI is InChI=1S/C14H3F9O2/c15-6-2-1-3-5(7(16)4(2)8(17)11(20)10(6)19)9(18)12(21)14(23,25)13(3,22)24/h1,24-25H. The Morgan fingerprint density at radius 2 is 1.20 bits per heavy atom. The van der Waals surface area contributed by atoms with Crippen molar-refractivity contribution in [2.24, 2.45) is 0 Å². The van der Waals surface area contributed by atoms with Crippen LogP contribution in [-0.2, 0) is 5.85 Å². The van der Waals surface area contributed by atoms with E-state index in [0.29, 0.717) is 0 Å². The van der Waals surface area contributed by atoms with E-state index in [0.717, 1.165) is 0 Å². The lowest BCUT2D eigenvalue weighted by Gasteiger charge is -2.34. The predicted octanol–water partition coefficient (Wildman–Crippen LogP) is 3.93. The minimum absolute atomic E-state index is 0.175. The molecule has 0 aromatic heterocycles. The molecule has 0 bridgehead atoms. The zero-order valence-electron chi connectivity index (χ0n) is 11.4. The molecule has 0 heterocycles. The smallest absolute Gasteiger partial charge is 0.326 e. The molecule has 1 aliphatic rings. The van der Waals surface area contributed by atoms with Crippen LogP contribution in [-0.4, -0.2) is 16.1 Å². The number of benzene rings is 2. The molecule has 0 aliphatic heterocycles. The third kappa shape index (κ3) is 1.90. The van der Waals surface area contributed by atoms with Crippen LogP contribution in [0.2, 0.25) is 0 Å². The zero-order chi connectivity index (χ0) is 19.1. The minimum atomic E-state index is -5.04. The van der Waals surface area contributed by atoms with E-state index in [4.69, 9.17) is 5.11 Å². The molecule has 0 spiro atoms. The van der Waals surface area contributed by atoms with Crippen LogP contribution in [0.3, 0.4) is 0 Å². The number of hydrogen-bond donors (Lipinski definition) is 2. The van der Waals surface area contributed by atoms with Gasteiger partial charge >= 0.3 is 5.85 Å². The van der Waals surface area contributed by atoms with Crippen LogP contribution in [0.15, 0.2) is 11.9 Å². The highest BCUT2D eigenvalue weighted by Gasteiger charge is 2.62. The zero-order valence-corrected chi connectivity index (χ0v) is 11.4. The molecule has 2 aromatic carbocycles. The van der Waals surface area contributed by atoms with Gasteiger partial charge in [-0.1, -0.05) is 0 Å². The number of fused-ring (bicyclic) bond motifs is 2. The maximum absolute atomic E-state index is 14.3. The van der Waals surface area contributed by atoms with Gasteiger partial charge in [-0.3, -0.25) is 0 Å². The second kappa shape index (κ2) is 4.88. The molecule has 2 atom stereocenters. The highest BCUT2D eigenvalue weighted by atomic mass is 19.2. The Hall–Kier alpha value is -2.27. The Bertz CT molecular complexity index is 979.